The number of methoxy groups -OCH3 is 1. The van der Waals surface area contributed by atoms with Gasteiger partial charge in [-0.2, -0.15) is 5.10 Å². The summed E-state index contributed by atoms with van der Waals surface area (Å²) in [6, 6.07) is 13.2. The highest BCUT2D eigenvalue weighted by Crippen LogP contribution is 2.31. The van der Waals surface area contributed by atoms with Crippen LogP contribution in [0.5, 0.6) is 5.75 Å². The number of hydrogen-bond acceptors (Lipinski definition) is 8. The van der Waals surface area contributed by atoms with Gasteiger partial charge in [0, 0.05) is 10.8 Å². The Morgan fingerprint density at radius 3 is 2.67 bits per heavy atom. The number of ether oxygens (including phenoxy) is 1. The van der Waals surface area contributed by atoms with Crippen molar-refractivity contribution in [2.24, 2.45) is 5.10 Å². The van der Waals surface area contributed by atoms with E-state index in [0.717, 1.165) is 40.8 Å². The van der Waals surface area contributed by atoms with Gasteiger partial charge in [-0.05, 0) is 57.4 Å². The fourth-order valence-electron chi connectivity index (χ4n) is 2.14. The monoisotopic (exact) mass is 542 g/mol. The van der Waals surface area contributed by atoms with E-state index in [1.165, 1.54) is 23.1 Å². The smallest absolute Gasteiger partial charge is 0.250 e. The maximum Gasteiger partial charge on any atom is 0.250 e. The molecule has 0 radical (unpaired) electrons. The van der Waals surface area contributed by atoms with E-state index in [4.69, 9.17) is 16.3 Å². The van der Waals surface area contributed by atoms with Crippen LogP contribution in [0.3, 0.4) is 0 Å². The zero-order valence-corrected chi connectivity index (χ0v) is 20.5. The van der Waals surface area contributed by atoms with Crippen LogP contribution in [-0.4, -0.2) is 35.2 Å². The average Bonchev–Trinajstić information content (AvgIpc) is 3.20. The molecular formula is C19H16BrClN4O2S3. The number of carbonyl (C=O) groups excluding carboxylic acids is 1. The molecule has 1 aromatic heterocycles. The molecule has 1 heterocycles. The van der Waals surface area contributed by atoms with Crippen LogP contribution in [0.15, 0.2) is 60.7 Å². The summed E-state index contributed by atoms with van der Waals surface area (Å²) >= 11 is 13.7. The van der Waals surface area contributed by atoms with Gasteiger partial charge in [0.25, 0.3) is 5.91 Å². The van der Waals surface area contributed by atoms with Crippen LogP contribution in [0.1, 0.15) is 11.1 Å². The number of benzene rings is 2. The van der Waals surface area contributed by atoms with Gasteiger partial charge in [0.1, 0.15) is 5.75 Å². The summed E-state index contributed by atoms with van der Waals surface area (Å²) in [6.45, 7) is 0. The van der Waals surface area contributed by atoms with Crippen LogP contribution in [0.25, 0.3) is 0 Å². The molecule has 2 aromatic carbocycles. The second-order valence-electron chi connectivity index (χ2n) is 5.72. The van der Waals surface area contributed by atoms with Gasteiger partial charge in [-0.3, -0.25) is 4.79 Å². The normalized spacial score (nSPS) is 11.0. The van der Waals surface area contributed by atoms with Crippen molar-refractivity contribution in [1.82, 2.24) is 15.6 Å². The van der Waals surface area contributed by atoms with E-state index in [2.05, 4.69) is 36.7 Å². The molecule has 0 saturated carbocycles. The molecule has 0 aliphatic rings. The molecule has 11 heteroatoms. The molecule has 3 aromatic rings. The fourth-order valence-corrected chi connectivity index (χ4v) is 5.59. The third kappa shape index (κ3) is 7.28. The standard InChI is InChI=1S/C19H16BrClN4O2S3/c1-27-16-7-4-13(8-15(16)20)9-22-23-17(26)11-29-19-25-24-18(30-19)28-10-12-2-5-14(21)6-3-12/h2-9H,10-11H2,1H3,(H,23,26). The quantitative estimate of drug-likeness (QED) is 0.218. The summed E-state index contributed by atoms with van der Waals surface area (Å²) < 4.78 is 7.60. The number of hydrazone groups is 1. The molecule has 0 fully saturated rings. The van der Waals surface area contributed by atoms with Gasteiger partial charge in [-0.1, -0.05) is 58.6 Å². The van der Waals surface area contributed by atoms with Crippen LogP contribution in [0.2, 0.25) is 5.02 Å². The Morgan fingerprint density at radius 1 is 1.23 bits per heavy atom. The number of aromatic nitrogens is 2. The molecule has 0 aliphatic heterocycles. The summed E-state index contributed by atoms with van der Waals surface area (Å²) in [4.78, 5) is 12.0. The van der Waals surface area contributed by atoms with E-state index in [-0.39, 0.29) is 11.7 Å². The van der Waals surface area contributed by atoms with Gasteiger partial charge < -0.3 is 4.74 Å². The zero-order valence-electron chi connectivity index (χ0n) is 15.7. The minimum atomic E-state index is -0.214. The van der Waals surface area contributed by atoms with E-state index in [0.29, 0.717) is 0 Å². The molecule has 0 spiro atoms. The third-order valence-electron chi connectivity index (χ3n) is 3.57. The first-order chi connectivity index (χ1) is 14.5. The highest BCUT2D eigenvalue weighted by Gasteiger charge is 2.09. The van der Waals surface area contributed by atoms with Gasteiger partial charge in [0.15, 0.2) is 8.68 Å². The topological polar surface area (TPSA) is 76.5 Å². The lowest BCUT2D eigenvalue weighted by atomic mass is 10.2. The van der Waals surface area contributed by atoms with E-state index in [9.17, 15) is 4.79 Å². The van der Waals surface area contributed by atoms with Crippen molar-refractivity contribution in [2.75, 3.05) is 12.9 Å². The molecule has 3 rings (SSSR count). The van der Waals surface area contributed by atoms with Gasteiger partial charge in [0.2, 0.25) is 0 Å². The molecule has 1 amide bonds. The summed E-state index contributed by atoms with van der Waals surface area (Å²) in [5, 5.41) is 13.0. The first-order valence-corrected chi connectivity index (χ1v) is 12.5. The Balaban J connectivity index is 1.41. The van der Waals surface area contributed by atoms with Crippen molar-refractivity contribution < 1.29 is 9.53 Å². The van der Waals surface area contributed by atoms with Crippen molar-refractivity contribution in [1.29, 1.82) is 0 Å². The first kappa shape index (κ1) is 23.1. The molecule has 1 N–H and O–H groups in total. The Labute approximate surface area is 200 Å². The molecule has 30 heavy (non-hydrogen) atoms. The molecule has 156 valence electrons. The Morgan fingerprint density at radius 2 is 1.97 bits per heavy atom. The second-order valence-corrected chi connectivity index (χ2v) is 10.4. The number of halogens is 2. The number of hydrogen-bond donors (Lipinski definition) is 1. The van der Waals surface area contributed by atoms with E-state index in [1.54, 1.807) is 25.1 Å². The highest BCUT2D eigenvalue weighted by molar-refractivity contribution is 9.10. The first-order valence-electron chi connectivity index (χ1n) is 8.52. The third-order valence-corrected chi connectivity index (χ3v) is 7.70. The lowest BCUT2D eigenvalue weighted by molar-refractivity contribution is -0.118. The zero-order chi connectivity index (χ0) is 21.3. The molecule has 0 aliphatic carbocycles. The molecule has 0 unspecified atom stereocenters. The van der Waals surface area contributed by atoms with E-state index >= 15 is 0 Å². The van der Waals surface area contributed by atoms with E-state index in [1.807, 2.05) is 42.5 Å². The van der Waals surface area contributed by atoms with Gasteiger partial charge in [-0.15, -0.1) is 10.2 Å². The van der Waals surface area contributed by atoms with Crippen LogP contribution >= 0.6 is 62.4 Å². The average molecular weight is 544 g/mol. The Bertz CT molecular complexity index is 1030. The minimum absolute atomic E-state index is 0.208. The summed E-state index contributed by atoms with van der Waals surface area (Å²) in [6.07, 6.45) is 1.57. The van der Waals surface area contributed by atoms with Crippen LogP contribution < -0.4 is 10.2 Å². The maximum absolute atomic E-state index is 12.0. The molecule has 0 bridgehead atoms. The Hall–Kier alpha value is -1.59. The number of nitrogens with one attached hydrogen (secondary N) is 1. The van der Waals surface area contributed by atoms with Gasteiger partial charge in [0.05, 0.1) is 23.5 Å². The lowest BCUT2D eigenvalue weighted by Crippen LogP contribution is -2.19. The maximum atomic E-state index is 12.0. The summed E-state index contributed by atoms with van der Waals surface area (Å²) in [5.41, 5.74) is 4.51. The van der Waals surface area contributed by atoms with Crippen molar-refractivity contribution in [3.63, 3.8) is 0 Å². The predicted octanol–water partition coefficient (Wildman–Crippen LogP) is 5.50. The predicted molar refractivity (Wildman–Crippen MR) is 128 cm³/mol. The van der Waals surface area contributed by atoms with Crippen molar-refractivity contribution in [3.05, 3.63) is 63.1 Å². The number of amides is 1. The van der Waals surface area contributed by atoms with Crippen molar-refractivity contribution >= 4 is 74.5 Å². The number of carbonyl (C=O) groups is 1. The van der Waals surface area contributed by atoms with Crippen LogP contribution in [-0.2, 0) is 10.5 Å². The van der Waals surface area contributed by atoms with Crippen LogP contribution in [0, 0.1) is 0 Å². The fraction of sp³-hybridized carbons (Fsp3) is 0.158. The number of thioether (sulfide) groups is 2. The largest absolute Gasteiger partial charge is 0.496 e. The molecule has 6 nitrogen and oxygen atoms in total. The lowest BCUT2D eigenvalue weighted by Gasteiger charge is -2.03. The molecule has 0 atom stereocenters. The van der Waals surface area contributed by atoms with Crippen molar-refractivity contribution in [2.45, 2.75) is 14.4 Å². The summed E-state index contributed by atoms with van der Waals surface area (Å²) in [7, 11) is 1.60. The van der Waals surface area contributed by atoms with Crippen LogP contribution in [0.4, 0.5) is 0 Å². The molecule has 0 saturated heterocycles. The molecular weight excluding hydrogens is 528 g/mol. The highest BCUT2D eigenvalue weighted by atomic mass is 79.9. The summed E-state index contributed by atoms with van der Waals surface area (Å²) in [5.74, 6) is 1.51. The van der Waals surface area contributed by atoms with Crippen molar-refractivity contribution in [3.8, 4) is 5.75 Å². The minimum Gasteiger partial charge on any atom is -0.496 e. The number of rotatable bonds is 9. The second kappa shape index (κ2) is 11.7. The van der Waals surface area contributed by atoms with Gasteiger partial charge in [-0.25, -0.2) is 5.43 Å². The number of nitrogens with zero attached hydrogens (tertiary/aromatic N) is 3. The Kier molecular flexibility index (Phi) is 9.01. The van der Waals surface area contributed by atoms with Gasteiger partial charge >= 0.3 is 0 Å². The SMILES string of the molecule is COc1ccc(C=NNC(=O)CSc2nnc(SCc3ccc(Cl)cc3)s2)cc1Br. The van der Waals surface area contributed by atoms with E-state index < -0.39 is 0 Å².